The molecule has 2 fully saturated rings. The van der Waals surface area contributed by atoms with E-state index in [1.807, 2.05) is 0 Å². The fraction of sp³-hybridized carbons (Fsp3) is 0.588. The lowest BCUT2D eigenvalue weighted by Gasteiger charge is -2.33. The number of hydrogen-bond donors (Lipinski definition) is 0. The summed E-state index contributed by atoms with van der Waals surface area (Å²) in [5.74, 6) is -17.8. The van der Waals surface area contributed by atoms with Gasteiger partial charge < -0.3 is 14.2 Å². The lowest BCUT2D eigenvalue weighted by atomic mass is 9.77. The zero-order chi connectivity index (χ0) is 37.0. The van der Waals surface area contributed by atoms with Gasteiger partial charge in [-0.1, -0.05) is 32.6 Å². The first-order valence-corrected chi connectivity index (χ1v) is 16.2. The van der Waals surface area contributed by atoms with Gasteiger partial charge in [0.05, 0.1) is 5.92 Å². The summed E-state index contributed by atoms with van der Waals surface area (Å²) in [5.41, 5.74) is -2.20. The summed E-state index contributed by atoms with van der Waals surface area (Å²) < 4.78 is 195. The normalized spacial score (nSPS) is 22.6. The smallest absolute Gasteiger partial charge is 0.432 e. The lowest BCUT2D eigenvalue weighted by Crippen LogP contribution is -2.37. The van der Waals surface area contributed by atoms with E-state index in [-0.39, 0.29) is 49.9 Å². The van der Waals surface area contributed by atoms with Crippen molar-refractivity contribution in [1.82, 2.24) is 0 Å². The molecule has 0 amide bonds. The molecule has 0 atom stereocenters. The van der Waals surface area contributed by atoms with Gasteiger partial charge in [-0.3, -0.25) is 0 Å². The first-order chi connectivity index (χ1) is 23.3. The largest absolute Gasteiger partial charge is 0.573 e. The van der Waals surface area contributed by atoms with Crippen molar-refractivity contribution in [2.24, 2.45) is 23.7 Å². The van der Waals surface area contributed by atoms with Crippen LogP contribution in [0.25, 0.3) is 0 Å². The molecule has 0 heterocycles. The minimum Gasteiger partial charge on any atom is -0.432 e. The molecule has 0 unspecified atom stereocenters. The first kappa shape index (κ1) is 39.5. The number of benzene rings is 2. The third-order valence-corrected chi connectivity index (χ3v) is 9.21. The van der Waals surface area contributed by atoms with E-state index in [2.05, 4.69) is 21.1 Å². The van der Waals surface area contributed by atoms with Gasteiger partial charge in [0, 0.05) is 36.1 Å². The Balaban J connectivity index is 1.37. The standard InChI is InChI=1S/C34H35F13O3/c1-2-3-4-5-18-6-8-19(9-7-18)29(39)30(40)20-10-12-21(13-11-20)32(41,42)48-22-14-24(35)28(25(36)15-22)33(43,44)49-23-16-26(37)31(27(38)17-23)50-34(45,46)47/h14-21H,2-13H2,1H3/b30-29+. The maximum absolute atomic E-state index is 15.1. The fourth-order valence-electron chi connectivity index (χ4n) is 6.60. The molecule has 2 aromatic rings. The minimum absolute atomic E-state index is 0.0209. The molecule has 16 heteroatoms. The molecule has 2 aromatic carbocycles. The van der Waals surface area contributed by atoms with E-state index in [1.165, 1.54) is 0 Å². The molecule has 2 aliphatic rings. The van der Waals surface area contributed by atoms with Gasteiger partial charge in [-0.05, 0) is 57.3 Å². The summed E-state index contributed by atoms with van der Waals surface area (Å²) in [4.78, 5) is 0. The van der Waals surface area contributed by atoms with Crippen molar-refractivity contribution in [3.8, 4) is 17.2 Å². The predicted octanol–water partition coefficient (Wildman–Crippen LogP) is 12.6. The van der Waals surface area contributed by atoms with E-state index < -0.39 is 94.1 Å². The van der Waals surface area contributed by atoms with E-state index in [0.29, 0.717) is 18.8 Å². The van der Waals surface area contributed by atoms with Gasteiger partial charge in [0.25, 0.3) is 0 Å². The van der Waals surface area contributed by atoms with E-state index in [9.17, 15) is 39.5 Å². The van der Waals surface area contributed by atoms with Crippen molar-refractivity contribution in [1.29, 1.82) is 0 Å². The highest BCUT2D eigenvalue weighted by atomic mass is 19.4. The van der Waals surface area contributed by atoms with Crippen LogP contribution in [-0.4, -0.2) is 12.5 Å². The Morgan fingerprint density at radius 2 is 1.08 bits per heavy atom. The van der Waals surface area contributed by atoms with Crippen LogP contribution in [-0.2, 0) is 6.11 Å². The van der Waals surface area contributed by atoms with Crippen molar-refractivity contribution in [3.63, 3.8) is 0 Å². The lowest BCUT2D eigenvalue weighted by molar-refractivity contribution is -0.276. The van der Waals surface area contributed by atoms with Crippen molar-refractivity contribution in [2.45, 2.75) is 103 Å². The molecule has 0 aliphatic heterocycles. The van der Waals surface area contributed by atoms with Crippen molar-refractivity contribution in [3.05, 3.63) is 64.8 Å². The molecular weight excluding hydrogens is 703 g/mol. The highest BCUT2D eigenvalue weighted by molar-refractivity contribution is 5.37. The Kier molecular flexibility index (Phi) is 12.6. The highest BCUT2D eigenvalue weighted by Crippen LogP contribution is 2.46. The van der Waals surface area contributed by atoms with E-state index >= 15 is 17.6 Å². The van der Waals surface area contributed by atoms with Gasteiger partial charge in [-0.15, -0.1) is 13.2 Å². The molecule has 0 bridgehead atoms. The van der Waals surface area contributed by atoms with Gasteiger partial charge >= 0.3 is 18.6 Å². The van der Waals surface area contributed by atoms with Crippen LogP contribution in [0.5, 0.6) is 17.2 Å². The van der Waals surface area contributed by atoms with Gasteiger partial charge in [-0.2, -0.15) is 17.6 Å². The number of alkyl halides is 7. The van der Waals surface area contributed by atoms with Crippen LogP contribution in [0, 0.1) is 46.9 Å². The molecule has 4 rings (SSSR count). The summed E-state index contributed by atoms with van der Waals surface area (Å²) in [7, 11) is 0. The maximum Gasteiger partial charge on any atom is 0.573 e. The summed E-state index contributed by atoms with van der Waals surface area (Å²) in [6, 6.07) is -0.381. The molecule has 3 nitrogen and oxygen atoms in total. The topological polar surface area (TPSA) is 27.7 Å². The van der Waals surface area contributed by atoms with Crippen molar-refractivity contribution >= 4 is 0 Å². The maximum atomic E-state index is 15.1. The summed E-state index contributed by atoms with van der Waals surface area (Å²) in [6.07, 6.45) is -8.82. The Bertz CT molecular complexity index is 1450. The molecule has 0 spiro atoms. The first-order valence-electron chi connectivity index (χ1n) is 16.2. The number of ether oxygens (including phenoxy) is 3. The van der Waals surface area contributed by atoms with Crippen LogP contribution in [0.1, 0.15) is 89.5 Å². The molecule has 0 aromatic heterocycles. The Morgan fingerprint density at radius 3 is 1.56 bits per heavy atom. The van der Waals surface area contributed by atoms with E-state index in [1.54, 1.807) is 0 Å². The Morgan fingerprint density at radius 1 is 0.620 bits per heavy atom. The van der Waals surface area contributed by atoms with Gasteiger partial charge in [0.2, 0.25) is 5.75 Å². The van der Waals surface area contributed by atoms with Crippen LogP contribution >= 0.6 is 0 Å². The molecule has 2 aliphatic carbocycles. The van der Waals surface area contributed by atoms with E-state index in [0.717, 1.165) is 38.5 Å². The summed E-state index contributed by atoms with van der Waals surface area (Å²) in [5, 5.41) is 0. The highest BCUT2D eigenvalue weighted by Gasteiger charge is 2.47. The molecule has 0 N–H and O–H groups in total. The minimum atomic E-state index is -5.55. The van der Waals surface area contributed by atoms with Crippen LogP contribution in [0.2, 0.25) is 0 Å². The molecule has 280 valence electrons. The zero-order valence-electron chi connectivity index (χ0n) is 26.7. The van der Waals surface area contributed by atoms with Gasteiger partial charge in [0.15, 0.2) is 11.6 Å². The molecule has 0 saturated heterocycles. The van der Waals surface area contributed by atoms with Crippen LogP contribution in [0.3, 0.4) is 0 Å². The average Bonchev–Trinajstić information content (AvgIpc) is 3.01. The monoisotopic (exact) mass is 738 g/mol. The predicted molar refractivity (Wildman–Crippen MR) is 154 cm³/mol. The second-order valence-electron chi connectivity index (χ2n) is 12.8. The Labute approximate surface area is 279 Å². The third kappa shape index (κ3) is 9.92. The van der Waals surface area contributed by atoms with Crippen molar-refractivity contribution in [2.75, 3.05) is 0 Å². The number of allylic oxidation sites excluding steroid dienone is 2. The number of halogens is 13. The summed E-state index contributed by atoms with van der Waals surface area (Å²) >= 11 is 0. The zero-order valence-corrected chi connectivity index (χ0v) is 26.7. The van der Waals surface area contributed by atoms with E-state index in [4.69, 9.17) is 0 Å². The quantitative estimate of drug-likeness (QED) is 0.151. The second-order valence-corrected chi connectivity index (χ2v) is 12.8. The van der Waals surface area contributed by atoms with Crippen LogP contribution in [0.15, 0.2) is 35.9 Å². The fourth-order valence-corrected chi connectivity index (χ4v) is 6.60. The average molecular weight is 739 g/mol. The van der Waals surface area contributed by atoms with Crippen LogP contribution < -0.4 is 14.2 Å². The second kappa shape index (κ2) is 15.9. The molecule has 50 heavy (non-hydrogen) atoms. The number of hydrogen-bond acceptors (Lipinski definition) is 3. The number of rotatable bonds is 13. The molecule has 0 radical (unpaired) electrons. The molecular formula is C34H35F13O3. The van der Waals surface area contributed by atoms with Crippen molar-refractivity contribution < 1.29 is 71.3 Å². The van der Waals surface area contributed by atoms with Crippen LogP contribution in [0.4, 0.5) is 57.1 Å². The van der Waals surface area contributed by atoms with Gasteiger partial charge in [-0.25, -0.2) is 26.3 Å². The summed E-state index contributed by atoms with van der Waals surface area (Å²) in [6.45, 7) is 2.10. The van der Waals surface area contributed by atoms with Gasteiger partial charge in [0.1, 0.15) is 40.4 Å². The Hall–Kier alpha value is -3.33. The number of unbranched alkanes of at least 4 members (excludes halogenated alkanes) is 2. The third-order valence-electron chi connectivity index (χ3n) is 9.21. The SMILES string of the molecule is CCCCCC1CCC(/C(F)=C(\F)C2CCC(C(F)(F)Oc3cc(F)c(C(F)(F)Oc4cc(F)c(OC(F)(F)F)c(F)c4)c(F)c3)CC2)CC1. The molecule has 2 saturated carbocycles.